The standard InChI is InChI=1S/C29H29ClN4O3S/c1-32-16-4-7-28(32)38(36,37)31-29(35)23-10-14-26(15-11-23)34-19-17-33(18-20-34)21-24-5-2-3-6-27(24)22-8-12-25(30)13-9-22/h2-16H,17-21H2,1H3,(H,31,35). The summed E-state index contributed by atoms with van der Waals surface area (Å²) in [4.78, 5) is 17.3. The monoisotopic (exact) mass is 548 g/mol. The number of rotatable bonds is 7. The van der Waals surface area contributed by atoms with Crippen LogP contribution in [0.1, 0.15) is 15.9 Å². The first kappa shape index (κ1) is 26.0. The summed E-state index contributed by atoms with van der Waals surface area (Å²) in [5.41, 5.74) is 4.96. The Morgan fingerprint density at radius 2 is 1.55 bits per heavy atom. The van der Waals surface area contributed by atoms with Crippen LogP contribution in [0.2, 0.25) is 5.02 Å². The Morgan fingerprint density at radius 1 is 0.868 bits per heavy atom. The van der Waals surface area contributed by atoms with E-state index in [9.17, 15) is 13.2 Å². The largest absolute Gasteiger partial charge is 0.369 e. The van der Waals surface area contributed by atoms with Gasteiger partial charge in [-0.3, -0.25) is 9.69 Å². The minimum Gasteiger partial charge on any atom is -0.369 e. The van der Waals surface area contributed by atoms with Crippen molar-refractivity contribution < 1.29 is 13.2 Å². The fraction of sp³-hybridized carbons (Fsp3) is 0.207. The molecular weight excluding hydrogens is 520 g/mol. The third-order valence-corrected chi connectivity index (χ3v) is 8.51. The maximum absolute atomic E-state index is 12.6. The van der Waals surface area contributed by atoms with E-state index in [1.165, 1.54) is 21.8 Å². The summed E-state index contributed by atoms with van der Waals surface area (Å²) < 4.78 is 28.6. The number of piperazine rings is 1. The Balaban J connectivity index is 1.19. The summed E-state index contributed by atoms with van der Waals surface area (Å²) in [5.74, 6) is -0.651. The molecule has 0 atom stereocenters. The van der Waals surface area contributed by atoms with Crippen LogP contribution >= 0.6 is 11.6 Å². The Bertz CT molecular complexity index is 1520. The maximum Gasteiger partial charge on any atom is 0.279 e. The molecule has 3 aromatic carbocycles. The topological polar surface area (TPSA) is 74.6 Å². The average Bonchev–Trinajstić information content (AvgIpc) is 3.37. The zero-order valence-electron chi connectivity index (χ0n) is 21.0. The van der Waals surface area contributed by atoms with E-state index in [4.69, 9.17) is 11.6 Å². The molecule has 0 unspecified atom stereocenters. The molecule has 0 aliphatic carbocycles. The van der Waals surface area contributed by atoms with Crippen LogP contribution in [0.25, 0.3) is 11.1 Å². The number of aryl methyl sites for hydroxylation is 1. The molecule has 2 heterocycles. The van der Waals surface area contributed by atoms with Gasteiger partial charge in [-0.15, -0.1) is 0 Å². The molecule has 1 saturated heterocycles. The van der Waals surface area contributed by atoms with Crippen LogP contribution in [0.15, 0.2) is 96.2 Å². The van der Waals surface area contributed by atoms with Crippen molar-refractivity contribution in [2.45, 2.75) is 11.6 Å². The van der Waals surface area contributed by atoms with Gasteiger partial charge in [0.25, 0.3) is 15.9 Å². The quantitative estimate of drug-likeness (QED) is 0.359. The number of nitrogens with one attached hydrogen (secondary N) is 1. The Kier molecular flexibility index (Phi) is 7.56. The van der Waals surface area contributed by atoms with Gasteiger partial charge in [0.15, 0.2) is 5.03 Å². The van der Waals surface area contributed by atoms with Crippen molar-refractivity contribution in [1.82, 2.24) is 14.2 Å². The zero-order chi connectivity index (χ0) is 26.7. The molecule has 1 aliphatic heterocycles. The van der Waals surface area contributed by atoms with E-state index in [1.54, 1.807) is 31.4 Å². The number of amides is 1. The summed E-state index contributed by atoms with van der Waals surface area (Å²) in [6.07, 6.45) is 1.62. The van der Waals surface area contributed by atoms with Crippen molar-refractivity contribution in [2.75, 3.05) is 31.1 Å². The second-order valence-electron chi connectivity index (χ2n) is 9.37. The fourth-order valence-electron chi connectivity index (χ4n) is 4.76. The van der Waals surface area contributed by atoms with Crippen LogP contribution in [0, 0.1) is 0 Å². The predicted molar refractivity (Wildman–Crippen MR) is 151 cm³/mol. The molecule has 1 fully saturated rings. The molecule has 196 valence electrons. The molecule has 1 aromatic heterocycles. The van der Waals surface area contributed by atoms with E-state index in [0.717, 1.165) is 49.0 Å². The van der Waals surface area contributed by atoms with Crippen molar-refractivity contribution >= 4 is 33.2 Å². The molecule has 5 rings (SSSR count). The first-order chi connectivity index (χ1) is 18.3. The Labute approximate surface area is 228 Å². The Hall–Kier alpha value is -3.59. The number of hydrogen-bond acceptors (Lipinski definition) is 5. The van der Waals surface area contributed by atoms with Gasteiger partial charge in [-0.25, -0.2) is 4.72 Å². The summed E-state index contributed by atoms with van der Waals surface area (Å²) >= 11 is 6.07. The minimum atomic E-state index is -3.94. The van der Waals surface area contributed by atoms with E-state index in [0.29, 0.717) is 5.56 Å². The molecule has 0 bridgehead atoms. The fourth-order valence-corrected chi connectivity index (χ4v) is 6.05. The van der Waals surface area contributed by atoms with Gasteiger partial charge in [-0.1, -0.05) is 48.0 Å². The number of aromatic nitrogens is 1. The van der Waals surface area contributed by atoms with Crippen LogP contribution in [0.4, 0.5) is 5.69 Å². The lowest BCUT2D eigenvalue weighted by atomic mass is 9.99. The number of anilines is 1. The minimum absolute atomic E-state index is 0.0381. The van der Waals surface area contributed by atoms with E-state index >= 15 is 0 Å². The second kappa shape index (κ2) is 11.0. The first-order valence-corrected chi connectivity index (χ1v) is 14.3. The van der Waals surface area contributed by atoms with Crippen molar-refractivity contribution in [3.63, 3.8) is 0 Å². The normalized spacial score (nSPS) is 14.4. The molecular formula is C29H29ClN4O3S. The van der Waals surface area contributed by atoms with E-state index < -0.39 is 15.9 Å². The molecule has 0 spiro atoms. The molecule has 0 saturated carbocycles. The zero-order valence-corrected chi connectivity index (χ0v) is 22.6. The third kappa shape index (κ3) is 5.78. The van der Waals surface area contributed by atoms with Crippen LogP contribution in [0.3, 0.4) is 0 Å². The summed E-state index contributed by atoms with van der Waals surface area (Å²) in [6, 6.07) is 26.6. The lowest BCUT2D eigenvalue weighted by Gasteiger charge is -2.36. The van der Waals surface area contributed by atoms with Crippen LogP contribution in [-0.4, -0.2) is 50.0 Å². The van der Waals surface area contributed by atoms with Crippen molar-refractivity contribution in [3.8, 4) is 11.1 Å². The van der Waals surface area contributed by atoms with Crippen molar-refractivity contribution in [3.05, 3.63) is 107 Å². The highest BCUT2D eigenvalue weighted by Gasteiger charge is 2.22. The van der Waals surface area contributed by atoms with Crippen LogP contribution in [0.5, 0.6) is 0 Å². The van der Waals surface area contributed by atoms with E-state index in [2.05, 4.69) is 50.9 Å². The van der Waals surface area contributed by atoms with E-state index in [-0.39, 0.29) is 5.03 Å². The number of sulfonamides is 1. The molecule has 1 amide bonds. The first-order valence-electron chi connectivity index (χ1n) is 12.4. The smallest absolute Gasteiger partial charge is 0.279 e. The van der Waals surface area contributed by atoms with Crippen molar-refractivity contribution in [1.29, 1.82) is 0 Å². The summed E-state index contributed by atoms with van der Waals surface area (Å²) in [6.45, 7) is 4.40. The highest BCUT2D eigenvalue weighted by molar-refractivity contribution is 7.90. The SMILES string of the molecule is Cn1cccc1S(=O)(=O)NC(=O)c1ccc(N2CCN(Cc3ccccc3-c3ccc(Cl)cc3)CC2)cc1. The molecule has 1 aliphatic rings. The van der Waals surface area contributed by atoms with Crippen LogP contribution in [-0.2, 0) is 23.6 Å². The Morgan fingerprint density at radius 3 is 2.21 bits per heavy atom. The molecule has 1 N–H and O–H groups in total. The van der Waals surface area contributed by atoms with Gasteiger partial charge in [0, 0.05) is 62.2 Å². The van der Waals surface area contributed by atoms with Gasteiger partial charge in [-0.2, -0.15) is 8.42 Å². The van der Waals surface area contributed by atoms with Gasteiger partial charge in [-0.05, 0) is 65.2 Å². The third-order valence-electron chi connectivity index (χ3n) is 6.83. The summed E-state index contributed by atoms with van der Waals surface area (Å²) in [7, 11) is -2.32. The molecule has 38 heavy (non-hydrogen) atoms. The number of nitrogens with zero attached hydrogens (tertiary/aromatic N) is 3. The van der Waals surface area contributed by atoms with Gasteiger partial charge in [0.2, 0.25) is 0 Å². The number of carbonyl (C=O) groups is 1. The summed E-state index contributed by atoms with van der Waals surface area (Å²) in [5, 5.41) is 0.768. The van der Waals surface area contributed by atoms with Gasteiger partial charge >= 0.3 is 0 Å². The highest BCUT2D eigenvalue weighted by atomic mass is 35.5. The molecule has 4 aromatic rings. The second-order valence-corrected chi connectivity index (χ2v) is 11.4. The lowest BCUT2D eigenvalue weighted by Crippen LogP contribution is -2.46. The number of benzene rings is 3. The van der Waals surface area contributed by atoms with Gasteiger partial charge < -0.3 is 9.47 Å². The number of hydrogen-bond donors (Lipinski definition) is 1. The molecule has 9 heteroatoms. The van der Waals surface area contributed by atoms with Gasteiger partial charge in [0.1, 0.15) is 0 Å². The maximum atomic E-state index is 12.6. The molecule has 7 nitrogen and oxygen atoms in total. The van der Waals surface area contributed by atoms with Crippen molar-refractivity contribution in [2.24, 2.45) is 7.05 Å². The molecule has 0 radical (unpaired) electrons. The highest BCUT2D eigenvalue weighted by Crippen LogP contribution is 2.27. The van der Waals surface area contributed by atoms with E-state index in [1.807, 2.05) is 24.3 Å². The average molecular weight is 549 g/mol. The number of carbonyl (C=O) groups excluding carboxylic acids is 1. The number of halogens is 1. The predicted octanol–water partition coefficient (Wildman–Crippen LogP) is 4.79. The lowest BCUT2D eigenvalue weighted by molar-refractivity contribution is 0.0981. The van der Waals surface area contributed by atoms with Gasteiger partial charge in [0.05, 0.1) is 0 Å². The van der Waals surface area contributed by atoms with Crippen LogP contribution < -0.4 is 9.62 Å².